The van der Waals surface area contributed by atoms with Gasteiger partial charge in [0.05, 0.1) is 7.98 Å². The van der Waals surface area contributed by atoms with Crippen LogP contribution in [-0.2, 0) is 19.1 Å². The fourth-order valence-corrected chi connectivity index (χ4v) is 1.74. The van der Waals surface area contributed by atoms with E-state index < -0.39 is 18.7 Å². The van der Waals surface area contributed by atoms with Crippen LogP contribution in [0.4, 0.5) is 0 Å². The second kappa shape index (κ2) is 5.64. The molecular weight excluding hydrogens is 234 g/mol. The molecule has 5 nitrogen and oxygen atoms in total. The molecule has 1 heterocycles. The zero-order chi connectivity index (χ0) is 13.8. The highest BCUT2D eigenvalue weighted by atomic mass is 16.5. The van der Waals surface area contributed by atoms with Crippen LogP contribution in [-0.4, -0.2) is 36.5 Å². The molecule has 1 amide bonds. The van der Waals surface area contributed by atoms with Gasteiger partial charge < -0.3 is 9.47 Å². The first-order chi connectivity index (χ1) is 9.15. The molecule has 1 aromatic rings. The third-order valence-electron chi connectivity index (χ3n) is 2.52. The SMILES string of the molecule is [2H][C@H](C(=O)OCC)N1C(=O)CO[C@@H]1c1ccccc1. The smallest absolute Gasteiger partial charge is 0.325 e. The second-order valence-corrected chi connectivity index (χ2v) is 3.76. The van der Waals surface area contributed by atoms with Gasteiger partial charge in [-0.05, 0) is 6.92 Å². The van der Waals surface area contributed by atoms with E-state index in [2.05, 4.69) is 0 Å². The molecule has 1 aliphatic rings. The monoisotopic (exact) mass is 250 g/mol. The molecule has 2 rings (SSSR count). The lowest BCUT2D eigenvalue weighted by atomic mass is 10.2. The van der Waals surface area contributed by atoms with E-state index in [0.717, 1.165) is 10.5 Å². The fraction of sp³-hybridized carbons (Fsp3) is 0.385. The van der Waals surface area contributed by atoms with Gasteiger partial charge in [-0.1, -0.05) is 30.3 Å². The van der Waals surface area contributed by atoms with E-state index >= 15 is 0 Å². The number of esters is 1. The fourth-order valence-electron chi connectivity index (χ4n) is 1.74. The normalized spacial score (nSPS) is 21.6. The highest BCUT2D eigenvalue weighted by molar-refractivity contribution is 5.84. The Morgan fingerprint density at radius 1 is 1.56 bits per heavy atom. The summed E-state index contributed by atoms with van der Waals surface area (Å²) in [4.78, 5) is 24.5. The molecule has 1 fully saturated rings. The average Bonchev–Trinajstić information content (AvgIpc) is 2.81. The van der Waals surface area contributed by atoms with Crippen LogP contribution in [0, 0.1) is 0 Å². The summed E-state index contributed by atoms with van der Waals surface area (Å²) in [5.74, 6) is -1.14. The van der Waals surface area contributed by atoms with Gasteiger partial charge in [0.1, 0.15) is 13.1 Å². The van der Waals surface area contributed by atoms with E-state index in [-0.39, 0.29) is 19.1 Å². The zero-order valence-electron chi connectivity index (χ0n) is 11.0. The quantitative estimate of drug-likeness (QED) is 0.751. The largest absolute Gasteiger partial charge is 0.465 e. The number of amides is 1. The summed E-state index contributed by atoms with van der Waals surface area (Å²) >= 11 is 0. The molecule has 1 saturated heterocycles. The number of rotatable bonds is 4. The van der Waals surface area contributed by atoms with Gasteiger partial charge in [0.25, 0.3) is 5.91 Å². The molecule has 0 bridgehead atoms. The van der Waals surface area contributed by atoms with Crippen molar-refractivity contribution in [3.8, 4) is 0 Å². The van der Waals surface area contributed by atoms with Crippen molar-refractivity contribution < 1.29 is 20.4 Å². The lowest BCUT2D eigenvalue weighted by Crippen LogP contribution is -2.34. The Morgan fingerprint density at radius 2 is 2.28 bits per heavy atom. The van der Waals surface area contributed by atoms with Crippen LogP contribution in [0.5, 0.6) is 0 Å². The molecule has 96 valence electrons. The zero-order valence-corrected chi connectivity index (χ0v) is 10.0. The highest BCUT2D eigenvalue weighted by Gasteiger charge is 2.34. The van der Waals surface area contributed by atoms with E-state index in [9.17, 15) is 9.59 Å². The Labute approximate surface area is 107 Å². The first-order valence-corrected chi connectivity index (χ1v) is 5.71. The topological polar surface area (TPSA) is 55.8 Å². The summed E-state index contributed by atoms with van der Waals surface area (Å²) in [6.45, 7) is 0.295. The minimum atomic E-state index is -1.40. The van der Waals surface area contributed by atoms with Crippen LogP contribution >= 0.6 is 0 Å². The van der Waals surface area contributed by atoms with Crippen molar-refractivity contribution in [2.45, 2.75) is 13.2 Å². The number of benzene rings is 1. The van der Waals surface area contributed by atoms with Gasteiger partial charge in [0.15, 0.2) is 6.23 Å². The summed E-state index contributed by atoms with van der Waals surface area (Å²) in [6, 6.07) is 9.03. The Bertz CT molecular complexity index is 465. The minimum Gasteiger partial charge on any atom is -0.465 e. The third kappa shape index (κ3) is 2.68. The van der Waals surface area contributed by atoms with Crippen LogP contribution in [0.2, 0.25) is 0 Å². The van der Waals surface area contributed by atoms with Crippen molar-refractivity contribution >= 4 is 11.9 Å². The molecular formula is C13H15NO4. The standard InChI is InChI=1S/C13H15NO4/c1-2-17-12(16)8-14-11(15)9-18-13(14)10-6-4-3-5-7-10/h3-7,13H,2,8-9H2,1H3/t13-/m1/s1/i8D/t8-,13-. The first-order valence-electron chi connectivity index (χ1n) is 6.29. The van der Waals surface area contributed by atoms with Crippen LogP contribution in [0.1, 0.15) is 20.1 Å². The van der Waals surface area contributed by atoms with E-state index in [1.807, 2.05) is 18.2 Å². The number of hydrogen-bond acceptors (Lipinski definition) is 4. The molecule has 18 heavy (non-hydrogen) atoms. The lowest BCUT2D eigenvalue weighted by molar-refractivity contribution is -0.149. The molecule has 0 aromatic heterocycles. The molecule has 1 aromatic carbocycles. The van der Waals surface area contributed by atoms with Crippen LogP contribution in [0.25, 0.3) is 0 Å². The maximum Gasteiger partial charge on any atom is 0.325 e. The summed E-state index contributed by atoms with van der Waals surface area (Å²) in [6.07, 6.45) is -0.708. The summed E-state index contributed by atoms with van der Waals surface area (Å²) in [7, 11) is 0. The average molecular weight is 250 g/mol. The Hall–Kier alpha value is -1.88. The van der Waals surface area contributed by atoms with Gasteiger partial charge in [0.2, 0.25) is 0 Å². The molecule has 0 saturated carbocycles. The van der Waals surface area contributed by atoms with Gasteiger partial charge in [-0.15, -0.1) is 0 Å². The Morgan fingerprint density at radius 3 is 2.94 bits per heavy atom. The first kappa shape index (κ1) is 11.2. The van der Waals surface area contributed by atoms with E-state index in [4.69, 9.17) is 10.8 Å². The van der Waals surface area contributed by atoms with Crippen molar-refractivity contribution in [3.05, 3.63) is 35.9 Å². The lowest BCUT2D eigenvalue weighted by Gasteiger charge is -2.22. The van der Waals surface area contributed by atoms with E-state index in [1.54, 1.807) is 19.1 Å². The number of hydrogen-bond donors (Lipinski definition) is 0. The number of nitrogens with zero attached hydrogens (tertiary/aromatic N) is 1. The van der Waals surface area contributed by atoms with Crippen LogP contribution in [0.3, 0.4) is 0 Å². The molecule has 0 spiro atoms. The third-order valence-corrected chi connectivity index (χ3v) is 2.52. The molecule has 0 radical (unpaired) electrons. The van der Waals surface area contributed by atoms with Crippen LogP contribution in [0.15, 0.2) is 30.3 Å². The summed E-state index contributed by atoms with van der Waals surface area (Å²) < 4.78 is 18.0. The number of ether oxygens (including phenoxy) is 2. The highest BCUT2D eigenvalue weighted by Crippen LogP contribution is 2.26. The van der Waals surface area contributed by atoms with E-state index in [1.165, 1.54) is 0 Å². The molecule has 2 atom stereocenters. The number of carbonyl (C=O) groups excluding carboxylic acids is 2. The van der Waals surface area contributed by atoms with Gasteiger partial charge in [-0.25, -0.2) is 0 Å². The summed E-state index contributed by atoms with van der Waals surface area (Å²) in [5, 5.41) is 0. The van der Waals surface area contributed by atoms with Crippen molar-refractivity contribution in [3.63, 3.8) is 0 Å². The molecule has 1 aliphatic heterocycles. The van der Waals surface area contributed by atoms with Crippen molar-refractivity contribution in [2.75, 3.05) is 19.7 Å². The minimum absolute atomic E-state index is 0.131. The predicted molar refractivity (Wildman–Crippen MR) is 63.5 cm³/mol. The van der Waals surface area contributed by atoms with Gasteiger partial charge in [0, 0.05) is 5.56 Å². The van der Waals surface area contributed by atoms with Gasteiger partial charge in [-0.2, -0.15) is 0 Å². The van der Waals surface area contributed by atoms with Gasteiger partial charge >= 0.3 is 5.97 Å². The maximum absolute atomic E-state index is 11.8. The molecule has 0 N–H and O–H groups in total. The Balaban J connectivity index is 2.21. The van der Waals surface area contributed by atoms with Crippen molar-refractivity contribution in [2.24, 2.45) is 0 Å². The molecule has 0 unspecified atom stereocenters. The predicted octanol–water partition coefficient (Wildman–Crippen LogP) is 1.11. The maximum atomic E-state index is 11.8. The van der Waals surface area contributed by atoms with Crippen molar-refractivity contribution in [1.82, 2.24) is 4.90 Å². The molecule has 5 heteroatoms. The van der Waals surface area contributed by atoms with Crippen LogP contribution < -0.4 is 0 Å². The van der Waals surface area contributed by atoms with Crippen molar-refractivity contribution in [1.29, 1.82) is 0 Å². The summed E-state index contributed by atoms with van der Waals surface area (Å²) in [5.41, 5.74) is 0.731. The molecule has 0 aliphatic carbocycles. The number of carbonyl (C=O) groups is 2. The van der Waals surface area contributed by atoms with Gasteiger partial charge in [-0.3, -0.25) is 14.5 Å². The second-order valence-electron chi connectivity index (χ2n) is 3.76. The Kier molecular flexibility index (Phi) is 3.52. The van der Waals surface area contributed by atoms with E-state index in [0.29, 0.717) is 0 Å².